The van der Waals surface area contributed by atoms with E-state index in [1.807, 2.05) is 6.07 Å². The van der Waals surface area contributed by atoms with Crippen LogP contribution in [0, 0.1) is 0 Å². The maximum absolute atomic E-state index is 6.59. The third-order valence-electron chi connectivity index (χ3n) is 14.5. The minimum atomic E-state index is -2.78. The van der Waals surface area contributed by atoms with Crippen molar-refractivity contribution in [2.75, 3.05) is 4.90 Å². The van der Waals surface area contributed by atoms with Crippen molar-refractivity contribution in [3.8, 4) is 11.1 Å². The van der Waals surface area contributed by atoms with Crippen LogP contribution in [0.5, 0.6) is 0 Å². The van der Waals surface area contributed by atoms with E-state index in [2.05, 4.69) is 272 Å². The van der Waals surface area contributed by atoms with Crippen LogP contribution in [0.25, 0.3) is 43.8 Å². The second-order valence-electron chi connectivity index (χ2n) is 17.9. The Balaban J connectivity index is 1.07. The van der Waals surface area contributed by atoms with Crippen molar-refractivity contribution in [1.29, 1.82) is 0 Å². The zero-order valence-corrected chi connectivity index (χ0v) is 38.3. The molecule has 0 unspecified atom stereocenters. The van der Waals surface area contributed by atoms with E-state index in [1.54, 1.807) is 0 Å². The van der Waals surface area contributed by atoms with Gasteiger partial charge in [-0.25, -0.2) is 0 Å². The molecule has 0 aliphatic heterocycles. The molecule has 1 aliphatic rings. The molecule has 0 spiro atoms. The van der Waals surface area contributed by atoms with Crippen LogP contribution in [-0.4, -0.2) is 8.07 Å². The van der Waals surface area contributed by atoms with Crippen molar-refractivity contribution in [1.82, 2.24) is 0 Å². The Morgan fingerprint density at radius 1 is 0.353 bits per heavy atom. The highest BCUT2D eigenvalue weighted by Crippen LogP contribution is 2.59. The lowest BCUT2D eigenvalue weighted by Crippen LogP contribution is -2.74. The number of para-hydroxylation sites is 1. The number of rotatable bonds is 9. The molecule has 13 rings (SSSR count). The standard InChI is InChI=1S/C65H45NOSi/c1-6-21-47(22-7-1)65(48-23-8-2-9-24-48)59-33-18-16-32-58(59)63-60(65)34-20-35-61(63)66(50-40-44-55-46(45-50)37-43-57-56-31-17-19-36-62(56)67-64(55)57)49-38-41-54(42-39-49)68(51-25-10-3-11-26-51,52-27-12-4-13-28-52)53-29-14-5-15-30-53/h1-45H. The molecule has 2 nitrogen and oxygen atoms in total. The molecule has 0 N–H and O–H groups in total. The summed E-state index contributed by atoms with van der Waals surface area (Å²) < 4.78 is 6.59. The summed E-state index contributed by atoms with van der Waals surface area (Å²) in [5, 5.41) is 9.86. The first-order chi connectivity index (χ1) is 33.7. The van der Waals surface area contributed by atoms with E-state index in [0.29, 0.717) is 0 Å². The molecule has 0 saturated carbocycles. The molecule has 1 heterocycles. The van der Waals surface area contributed by atoms with Crippen LogP contribution in [0.15, 0.2) is 277 Å². The molecule has 0 bridgehead atoms. The minimum absolute atomic E-state index is 0.539. The second kappa shape index (κ2) is 16.1. The lowest BCUT2D eigenvalue weighted by Gasteiger charge is -2.35. The molecule has 320 valence electrons. The van der Waals surface area contributed by atoms with Gasteiger partial charge in [0.1, 0.15) is 11.2 Å². The number of anilines is 3. The molecular formula is C65H45NOSi. The Morgan fingerprint density at radius 3 is 1.49 bits per heavy atom. The SMILES string of the molecule is c1ccc(C2(c3ccccc3)c3ccccc3-c3c(N(c4ccc([Si](c5ccccc5)(c5ccccc5)c5ccccc5)cc4)c4ccc5c(ccc6c7ccccc7oc56)c4)cccc32)cc1. The van der Waals surface area contributed by atoms with Gasteiger partial charge in [-0.15, -0.1) is 0 Å². The van der Waals surface area contributed by atoms with Crippen LogP contribution in [0.4, 0.5) is 17.1 Å². The molecule has 1 aromatic heterocycles. The zero-order valence-electron chi connectivity index (χ0n) is 37.3. The Kier molecular flexibility index (Phi) is 9.45. The quantitative estimate of drug-likeness (QED) is 0.106. The smallest absolute Gasteiger partial charge is 0.179 e. The predicted molar refractivity (Wildman–Crippen MR) is 287 cm³/mol. The average Bonchev–Trinajstić information content (AvgIpc) is 3.96. The fourth-order valence-corrected chi connectivity index (χ4v) is 16.4. The third-order valence-corrected chi connectivity index (χ3v) is 19.3. The monoisotopic (exact) mass is 883 g/mol. The average molecular weight is 884 g/mol. The van der Waals surface area contributed by atoms with E-state index in [9.17, 15) is 0 Å². The summed E-state index contributed by atoms with van der Waals surface area (Å²) in [6.07, 6.45) is 0. The number of nitrogens with zero attached hydrogens (tertiary/aromatic N) is 1. The second-order valence-corrected chi connectivity index (χ2v) is 21.7. The van der Waals surface area contributed by atoms with Gasteiger partial charge in [-0.3, -0.25) is 0 Å². The first-order valence-electron chi connectivity index (χ1n) is 23.5. The van der Waals surface area contributed by atoms with E-state index >= 15 is 0 Å². The maximum atomic E-state index is 6.59. The van der Waals surface area contributed by atoms with Crippen molar-refractivity contribution in [2.24, 2.45) is 0 Å². The summed E-state index contributed by atoms with van der Waals surface area (Å²) in [6.45, 7) is 0. The normalized spacial score (nSPS) is 12.8. The Morgan fingerprint density at radius 2 is 0.853 bits per heavy atom. The minimum Gasteiger partial charge on any atom is -0.455 e. The van der Waals surface area contributed by atoms with Gasteiger partial charge in [-0.1, -0.05) is 224 Å². The number of benzene rings is 11. The van der Waals surface area contributed by atoms with Crippen LogP contribution in [0.3, 0.4) is 0 Å². The van der Waals surface area contributed by atoms with E-state index in [-0.39, 0.29) is 0 Å². The molecule has 12 aromatic rings. The first kappa shape index (κ1) is 39.8. The zero-order chi connectivity index (χ0) is 45.1. The Hall–Kier alpha value is -8.50. The van der Waals surface area contributed by atoms with Gasteiger partial charge < -0.3 is 9.32 Å². The largest absolute Gasteiger partial charge is 0.455 e. The molecule has 68 heavy (non-hydrogen) atoms. The van der Waals surface area contributed by atoms with Gasteiger partial charge in [0.05, 0.1) is 11.1 Å². The summed E-state index contributed by atoms with van der Waals surface area (Å²) in [5.74, 6) is 0. The van der Waals surface area contributed by atoms with E-state index in [0.717, 1.165) is 49.8 Å². The molecule has 3 heteroatoms. The van der Waals surface area contributed by atoms with Gasteiger partial charge in [0.25, 0.3) is 0 Å². The maximum Gasteiger partial charge on any atom is 0.179 e. The van der Waals surface area contributed by atoms with Crippen LogP contribution in [-0.2, 0) is 5.41 Å². The lowest BCUT2D eigenvalue weighted by atomic mass is 9.68. The van der Waals surface area contributed by atoms with Gasteiger partial charge in [0.2, 0.25) is 0 Å². The molecule has 0 fully saturated rings. The van der Waals surface area contributed by atoms with Gasteiger partial charge in [0.15, 0.2) is 8.07 Å². The van der Waals surface area contributed by atoms with Crippen LogP contribution in [0.1, 0.15) is 22.3 Å². The highest BCUT2D eigenvalue weighted by Gasteiger charge is 2.47. The van der Waals surface area contributed by atoms with Gasteiger partial charge >= 0.3 is 0 Å². The van der Waals surface area contributed by atoms with Crippen molar-refractivity contribution in [3.05, 3.63) is 295 Å². The van der Waals surface area contributed by atoms with Crippen LogP contribution < -0.4 is 25.6 Å². The number of furan rings is 1. The van der Waals surface area contributed by atoms with Crippen molar-refractivity contribution in [3.63, 3.8) is 0 Å². The van der Waals surface area contributed by atoms with E-state index < -0.39 is 13.5 Å². The van der Waals surface area contributed by atoms with Crippen molar-refractivity contribution < 1.29 is 4.42 Å². The summed E-state index contributed by atoms with van der Waals surface area (Å²) in [6, 6.07) is 101. The van der Waals surface area contributed by atoms with Gasteiger partial charge in [-0.2, -0.15) is 0 Å². The fourth-order valence-electron chi connectivity index (χ4n) is 11.7. The van der Waals surface area contributed by atoms with Gasteiger partial charge in [0, 0.05) is 33.1 Å². The Labute approximate surface area is 397 Å². The highest BCUT2D eigenvalue weighted by molar-refractivity contribution is 7.19. The van der Waals surface area contributed by atoms with Crippen molar-refractivity contribution >= 4 is 78.6 Å². The molecule has 0 saturated heterocycles. The molecule has 0 amide bonds. The summed E-state index contributed by atoms with van der Waals surface area (Å²) in [4.78, 5) is 2.49. The summed E-state index contributed by atoms with van der Waals surface area (Å²) >= 11 is 0. The summed E-state index contributed by atoms with van der Waals surface area (Å²) in [5.41, 5.74) is 12.1. The molecule has 0 atom stereocenters. The van der Waals surface area contributed by atoms with Crippen molar-refractivity contribution in [2.45, 2.75) is 5.41 Å². The first-order valence-corrected chi connectivity index (χ1v) is 25.5. The molecule has 11 aromatic carbocycles. The van der Waals surface area contributed by atoms with Crippen LogP contribution in [0.2, 0.25) is 0 Å². The number of hydrogen-bond acceptors (Lipinski definition) is 2. The van der Waals surface area contributed by atoms with Gasteiger partial charge in [-0.05, 0) is 102 Å². The third kappa shape index (κ3) is 5.96. The Bertz CT molecular complexity index is 3640. The fraction of sp³-hybridized carbons (Fsp3) is 0.0154. The topological polar surface area (TPSA) is 16.4 Å². The predicted octanol–water partition coefficient (Wildman–Crippen LogP) is 13.9. The molecule has 0 radical (unpaired) electrons. The molecular weight excluding hydrogens is 839 g/mol. The molecule has 1 aliphatic carbocycles. The van der Waals surface area contributed by atoms with E-state index in [4.69, 9.17) is 4.42 Å². The highest BCUT2D eigenvalue weighted by atomic mass is 28.3. The summed E-state index contributed by atoms with van der Waals surface area (Å²) in [7, 11) is -2.78. The number of hydrogen-bond donors (Lipinski definition) is 0. The number of fused-ring (bicyclic) bond motifs is 8. The van der Waals surface area contributed by atoms with Crippen LogP contribution >= 0.6 is 0 Å². The van der Waals surface area contributed by atoms with E-state index in [1.165, 1.54) is 54.1 Å². The lowest BCUT2D eigenvalue weighted by molar-refractivity contribution is 0.672.